The number of hydrogen-bond acceptors (Lipinski definition) is 5. The van der Waals surface area contributed by atoms with Crippen molar-refractivity contribution in [3.8, 4) is 0 Å². The summed E-state index contributed by atoms with van der Waals surface area (Å²) < 4.78 is 10.3. The zero-order valence-electron chi connectivity index (χ0n) is 14.8. The Balaban J connectivity index is 2.07. The third-order valence-corrected chi connectivity index (χ3v) is 3.14. The monoisotopic (exact) mass is 345 g/mol. The molecule has 0 aliphatic carbocycles. The number of nitrogens with zero attached hydrogens (tertiary/aromatic N) is 1. The molecule has 1 heterocycles. The molecule has 0 saturated heterocycles. The van der Waals surface area contributed by atoms with E-state index in [1.165, 1.54) is 0 Å². The van der Waals surface area contributed by atoms with Gasteiger partial charge in [-0.3, -0.25) is 5.32 Å². The Labute approximate surface area is 146 Å². The van der Waals surface area contributed by atoms with Gasteiger partial charge in [0.15, 0.2) is 0 Å². The fraction of sp³-hybridized carbons (Fsp3) is 0.389. The van der Waals surface area contributed by atoms with Gasteiger partial charge in [-0.25, -0.2) is 9.59 Å². The van der Waals surface area contributed by atoms with Gasteiger partial charge < -0.3 is 14.6 Å². The van der Waals surface area contributed by atoms with Crippen LogP contribution in [-0.2, 0) is 16.0 Å². The van der Waals surface area contributed by atoms with E-state index in [2.05, 4.69) is 15.8 Å². The number of carbonyl (C=O) groups is 2. The van der Waals surface area contributed by atoms with Gasteiger partial charge >= 0.3 is 12.0 Å². The second-order valence-corrected chi connectivity index (χ2v) is 6.71. The summed E-state index contributed by atoms with van der Waals surface area (Å²) >= 11 is 0. The number of urea groups is 1. The van der Waals surface area contributed by atoms with Crippen molar-refractivity contribution in [2.75, 3.05) is 5.32 Å². The van der Waals surface area contributed by atoms with Crippen LogP contribution in [0.2, 0.25) is 0 Å². The molecule has 7 heteroatoms. The zero-order chi connectivity index (χ0) is 18.4. The lowest BCUT2D eigenvalue weighted by Gasteiger charge is -2.24. The van der Waals surface area contributed by atoms with Crippen LogP contribution >= 0.6 is 0 Å². The molecule has 0 radical (unpaired) electrons. The van der Waals surface area contributed by atoms with Crippen molar-refractivity contribution in [2.24, 2.45) is 0 Å². The molecule has 25 heavy (non-hydrogen) atoms. The SMILES string of the molecule is Cc1cc(NC(=O)N[C@@H](Cc2ccccc2)C(=O)OC(C)(C)C)on1. The van der Waals surface area contributed by atoms with Gasteiger partial charge in [0.25, 0.3) is 0 Å². The van der Waals surface area contributed by atoms with Crippen molar-refractivity contribution < 1.29 is 18.8 Å². The maximum absolute atomic E-state index is 12.5. The zero-order valence-corrected chi connectivity index (χ0v) is 14.8. The van der Waals surface area contributed by atoms with Crippen LogP contribution in [0.25, 0.3) is 0 Å². The van der Waals surface area contributed by atoms with Gasteiger partial charge in [0.2, 0.25) is 5.88 Å². The Morgan fingerprint density at radius 1 is 1.24 bits per heavy atom. The lowest BCUT2D eigenvalue weighted by Crippen LogP contribution is -2.47. The summed E-state index contributed by atoms with van der Waals surface area (Å²) in [4.78, 5) is 24.6. The van der Waals surface area contributed by atoms with E-state index in [-0.39, 0.29) is 5.88 Å². The van der Waals surface area contributed by atoms with Crippen LogP contribution in [0.15, 0.2) is 40.9 Å². The predicted molar refractivity (Wildman–Crippen MR) is 93.2 cm³/mol. The number of hydrogen-bond donors (Lipinski definition) is 2. The van der Waals surface area contributed by atoms with Crippen LogP contribution in [-0.4, -0.2) is 28.8 Å². The average molecular weight is 345 g/mol. The lowest BCUT2D eigenvalue weighted by atomic mass is 10.1. The molecule has 1 atom stereocenters. The van der Waals surface area contributed by atoms with Gasteiger partial charge in [0.1, 0.15) is 11.6 Å². The Kier molecular flexibility index (Phi) is 5.80. The highest BCUT2D eigenvalue weighted by atomic mass is 16.6. The Morgan fingerprint density at radius 3 is 2.48 bits per heavy atom. The molecule has 2 rings (SSSR count). The summed E-state index contributed by atoms with van der Waals surface area (Å²) in [7, 11) is 0. The molecule has 0 aliphatic rings. The minimum Gasteiger partial charge on any atom is -0.458 e. The molecule has 1 aromatic carbocycles. The number of benzene rings is 1. The van der Waals surface area contributed by atoms with Crippen LogP contribution in [0.1, 0.15) is 32.0 Å². The highest BCUT2D eigenvalue weighted by molar-refractivity contribution is 5.91. The van der Waals surface area contributed by atoms with E-state index in [1.807, 2.05) is 30.3 Å². The van der Waals surface area contributed by atoms with E-state index in [4.69, 9.17) is 9.26 Å². The van der Waals surface area contributed by atoms with Crippen molar-refractivity contribution in [1.82, 2.24) is 10.5 Å². The predicted octanol–water partition coefficient (Wildman–Crippen LogP) is 3.06. The van der Waals surface area contributed by atoms with Crippen molar-refractivity contribution in [2.45, 2.75) is 45.8 Å². The normalized spacial score (nSPS) is 12.3. The molecule has 2 amide bonds. The number of nitrogens with one attached hydrogen (secondary N) is 2. The van der Waals surface area contributed by atoms with Crippen molar-refractivity contribution >= 4 is 17.9 Å². The molecule has 2 aromatic rings. The van der Waals surface area contributed by atoms with E-state index >= 15 is 0 Å². The number of rotatable bonds is 5. The Hall–Kier alpha value is -2.83. The second-order valence-electron chi connectivity index (χ2n) is 6.71. The topological polar surface area (TPSA) is 93.5 Å². The highest BCUT2D eigenvalue weighted by Crippen LogP contribution is 2.12. The van der Waals surface area contributed by atoms with Gasteiger partial charge in [0, 0.05) is 12.5 Å². The highest BCUT2D eigenvalue weighted by Gasteiger charge is 2.27. The van der Waals surface area contributed by atoms with Crippen LogP contribution in [0.3, 0.4) is 0 Å². The smallest absolute Gasteiger partial charge is 0.329 e. The second kappa shape index (κ2) is 7.83. The van der Waals surface area contributed by atoms with Gasteiger partial charge in [-0.05, 0) is 33.3 Å². The number of carbonyl (C=O) groups excluding carboxylic acids is 2. The van der Waals surface area contributed by atoms with E-state index in [0.29, 0.717) is 12.1 Å². The number of esters is 1. The lowest BCUT2D eigenvalue weighted by molar-refractivity contribution is -0.157. The first kappa shape index (κ1) is 18.5. The van der Waals surface area contributed by atoms with Gasteiger partial charge in [-0.2, -0.15) is 0 Å². The molecule has 0 aliphatic heterocycles. The van der Waals surface area contributed by atoms with Crippen molar-refractivity contribution in [1.29, 1.82) is 0 Å². The standard InChI is InChI=1S/C18H23N3O4/c1-12-10-15(25-21-12)20-17(23)19-14(16(22)24-18(2,3)4)11-13-8-6-5-7-9-13/h5-10,14H,11H2,1-4H3,(H2,19,20,23)/t14-/m0/s1. The number of ether oxygens (including phenoxy) is 1. The Morgan fingerprint density at radius 2 is 1.92 bits per heavy atom. The molecule has 134 valence electrons. The molecule has 0 saturated carbocycles. The minimum atomic E-state index is -0.828. The Bertz CT molecular complexity index is 719. The summed E-state index contributed by atoms with van der Waals surface area (Å²) in [6, 6.07) is 9.59. The van der Waals surface area contributed by atoms with Crippen LogP contribution in [0.4, 0.5) is 10.7 Å². The maximum Gasteiger partial charge on any atom is 0.329 e. The van der Waals surface area contributed by atoms with Crippen molar-refractivity contribution in [3.63, 3.8) is 0 Å². The maximum atomic E-state index is 12.5. The number of anilines is 1. The first-order chi connectivity index (χ1) is 11.7. The summed E-state index contributed by atoms with van der Waals surface area (Å²) in [5.74, 6) is -0.294. The van der Waals surface area contributed by atoms with Gasteiger partial charge in [0.05, 0.1) is 5.69 Å². The average Bonchev–Trinajstić information content (AvgIpc) is 2.91. The molecule has 0 unspecified atom stereocenters. The summed E-state index contributed by atoms with van der Waals surface area (Å²) in [6.07, 6.45) is 0.318. The van der Waals surface area contributed by atoms with E-state index in [1.54, 1.807) is 33.8 Å². The molecular formula is C18H23N3O4. The summed E-state index contributed by atoms with van der Waals surface area (Å²) in [5, 5.41) is 8.83. The molecule has 1 aromatic heterocycles. The molecule has 7 nitrogen and oxygen atoms in total. The van der Waals surface area contributed by atoms with Crippen LogP contribution in [0, 0.1) is 6.92 Å². The number of aryl methyl sites for hydroxylation is 1. The molecule has 0 fully saturated rings. The molecule has 0 bridgehead atoms. The first-order valence-electron chi connectivity index (χ1n) is 8.00. The summed E-state index contributed by atoms with van der Waals surface area (Å²) in [5.41, 5.74) is 0.907. The third-order valence-electron chi connectivity index (χ3n) is 3.14. The first-order valence-corrected chi connectivity index (χ1v) is 8.00. The van der Waals surface area contributed by atoms with Crippen LogP contribution in [0.5, 0.6) is 0 Å². The van der Waals surface area contributed by atoms with Gasteiger partial charge in [-0.15, -0.1) is 0 Å². The van der Waals surface area contributed by atoms with E-state index in [0.717, 1.165) is 5.56 Å². The molecule has 0 spiro atoms. The fourth-order valence-electron chi connectivity index (χ4n) is 2.14. The molecule has 2 N–H and O–H groups in total. The summed E-state index contributed by atoms with van der Waals surface area (Å²) in [6.45, 7) is 7.08. The number of aromatic nitrogens is 1. The molecular weight excluding hydrogens is 322 g/mol. The quantitative estimate of drug-likeness (QED) is 0.812. The largest absolute Gasteiger partial charge is 0.458 e. The fourth-order valence-corrected chi connectivity index (χ4v) is 2.14. The number of amides is 2. The van der Waals surface area contributed by atoms with Crippen molar-refractivity contribution in [3.05, 3.63) is 47.7 Å². The van der Waals surface area contributed by atoms with E-state index < -0.39 is 23.6 Å². The van der Waals surface area contributed by atoms with E-state index in [9.17, 15) is 9.59 Å². The minimum absolute atomic E-state index is 0.206. The third kappa shape index (κ3) is 6.29. The van der Waals surface area contributed by atoms with Crippen LogP contribution < -0.4 is 10.6 Å². The van der Waals surface area contributed by atoms with Gasteiger partial charge in [-0.1, -0.05) is 35.5 Å².